The number of nitrogens with zero attached hydrogens (tertiary/aromatic N) is 1. The van der Waals surface area contributed by atoms with Crippen LogP contribution in [0.5, 0.6) is 0 Å². The molecule has 0 spiro atoms. The molecule has 146 valence electrons. The van der Waals surface area contributed by atoms with E-state index in [9.17, 15) is 14.4 Å². The highest BCUT2D eigenvalue weighted by Crippen LogP contribution is 2.60. The maximum atomic E-state index is 13.4. The van der Waals surface area contributed by atoms with Crippen molar-refractivity contribution < 1.29 is 19.2 Å². The number of carbonyl (C=O) groups is 3. The average Bonchev–Trinajstić information content (AvgIpc) is 3.05. The Labute approximate surface area is 172 Å². The summed E-state index contributed by atoms with van der Waals surface area (Å²) < 4.78 is 0. The third kappa shape index (κ3) is 2.15. The Bertz CT molecular complexity index is 1100. The van der Waals surface area contributed by atoms with Gasteiger partial charge in [0.25, 0.3) is 11.8 Å². The first kappa shape index (κ1) is 17.2. The van der Waals surface area contributed by atoms with Crippen molar-refractivity contribution in [2.45, 2.75) is 11.8 Å². The van der Waals surface area contributed by atoms with E-state index in [1.807, 2.05) is 48.5 Å². The smallest absolute Gasteiger partial charge is 0.325 e. The second-order valence-corrected chi connectivity index (χ2v) is 7.98. The molecule has 0 saturated carbocycles. The Morgan fingerprint density at radius 1 is 0.633 bits per heavy atom. The van der Waals surface area contributed by atoms with Gasteiger partial charge in [-0.2, -0.15) is 0 Å². The van der Waals surface area contributed by atoms with Crippen molar-refractivity contribution in [3.63, 3.8) is 0 Å². The molecular formula is C25H17NO4. The standard InChI is InChI=1S/C25H17NO4/c27-23-21-19-15-10-4-5-11-16(15)20(18-13-7-6-12-17(18)19)22(21)24(28)26(23)30-25(29)14-8-2-1-3-9-14/h1-13,19-22H. The van der Waals surface area contributed by atoms with E-state index in [0.717, 1.165) is 22.3 Å². The summed E-state index contributed by atoms with van der Waals surface area (Å²) in [4.78, 5) is 44.6. The van der Waals surface area contributed by atoms with Gasteiger partial charge in [0.15, 0.2) is 0 Å². The van der Waals surface area contributed by atoms with Gasteiger partial charge in [0.05, 0.1) is 17.4 Å². The van der Waals surface area contributed by atoms with E-state index in [-0.39, 0.29) is 11.8 Å². The Kier molecular flexibility index (Phi) is 3.51. The topological polar surface area (TPSA) is 63.7 Å². The number of hydrogen-bond donors (Lipinski definition) is 0. The molecule has 1 aliphatic heterocycles. The van der Waals surface area contributed by atoms with Crippen LogP contribution >= 0.6 is 0 Å². The monoisotopic (exact) mass is 395 g/mol. The van der Waals surface area contributed by atoms with Crippen LogP contribution in [0, 0.1) is 11.8 Å². The van der Waals surface area contributed by atoms with E-state index < -0.39 is 29.6 Å². The van der Waals surface area contributed by atoms with Gasteiger partial charge in [-0.1, -0.05) is 66.7 Å². The Hall–Kier alpha value is -3.73. The number of hydroxylamine groups is 2. The molecule has 1 fully saturated rings. The third-order valence-electron chi connectivity index (χ3n) is 6.59. The van der Waals surface area contributed by atoms with Gasteiger partial charge in [-0.25, -0.2) is 4.79 Å². The lowest BCUT2D eigenvalue weighted by molar-refractivity contribution is -0.174. The summed E-state index contributed by atoms with van der Waals surface area (Å²) in [5.41, 5.74) is 4.63. The predicted molar refractivity (Wildman–Crippen MR) is 107 cm³/mol. The summed E-state index contributed by atoms with van der Waals surface area (Å²) in [6, 6.07) is 24.4. The van der Waals surface area contributed by atoms with E-state index in [4.69, 9.17) is 4.84 Å². The molecule has 3 aromatic carbocycles. The molecule has 2 amide bonds. The molecule has 3 aromatic rings. The minimum atomic E-state index is -0.710. The molecule has 7 rings (SSSR count). The second kappa shape index (κ2) is 6.13. The quantitative estimate of drug-likeness (QED) is 0.622. The molecule has 30 heavy (non-hydrogen) atoms. The Morgan fingerprint density at radius 2 is 1.03 bits per heavy atom. The van der Waals surface area contributed by atoms with Gasteiger partial charge in [-0.3, -0.25) is 9.59 Å². The summed E-state index contributed by atoms with van der Waals surface area (Å²) in [5.74, 6) is -3.14. The first-order valence-electron chi connectivity index (χ1n) is 9.99. The summed E-state index contributed by atoms with van der Waals surface area (Å²) >= 11 is 0. The van der Waals surface area contributed by atoms with Gasteiger partial charge < -0.3 is 4.84 Å². The first-order chi connectivity index (χ1) is 14.7. The van der Waals surface area contributed by atoms with Crippen LogP contribution < -0.4 is 0 Å². The molecule has 1 saturated heterocycles. The fourth-order valence-electron chi connectivity index (χ4n) is 5.45. The minimum Gasteiger partial charge on any atom is -0.325 e. The highest BCUT2D eigenvalue weighted by molar-refractivity contribution is 6.08. The third-order valence-corrected chi connectivity index (χ3v) is 6.59. The largest absolute Gasteiger partial charge is 0.363 e. The van der Waals surface area contributed by atoms with E-state index in [2.05, 4.69) is 0 Å². The lowest BCUT2D eigenvalue weighted by Gasteiger charge is -2.45. The van der Waals surface area contributed by atoms with Crippen molar-refractivity contribution in [2.75, 3.05) is 0 Å². The van der Waals surface area contributed by atoms with Crippen molar-refractivity contribution in [3.05, 3.63) is 107 Å². The number of carbonyl (C=O) groups excluding carboxylic acids is 3. The maximum Gasteiger partial charge on any atom is 0.363 e. The SMILES string of the molecule is O=C(ON1C(=O)C2C3c4ccccc4C(c4ccccc43)C2C1=O)c1ccccc1. The fraction of sp³-hybridized carbons (Fsp3) is 0.160. The van der Waals surface area contributed by atoms with Crippen molar-refractivity contribution >= 4 is 17.8 Å². The maximum absolute atomic E-state index is 13.4. The fourth-order valence-corrected chi connectivity index (χ4v) is 5.45. The van der Waals surface area contributed by atoms with E-state index in [1.54, 1.807) is 30.3 Å². The lowest BCUT2D eigenvalue weighted by Crippen LogP contribution is -2.41. The van der Waals surface area contributed by atoms with Crippen LogP contribution in [0.15, 0.2) is 78.9 Å². The molecule has 4 aliphatic rings. The van der Waals surface area contributed by atoms with Gasteiger partial charge in [-0.05, 0) is 34.4 Å². The summed E-state index contributed by atoms with van der Waals surface area (Å²) in [6.07, 6.45) is 0. The Balaban J connectivity index is 1.44. The molecule has 2 atom stereocenters. The normalized spacial score (nSPS) is 25.5. The lowest BCUT2D eigenvalue weighted by atomic mass is 9.55. The van der Waals surface area contributed by atoms with Gasteiger partial charge in [0.1, 0.15) is 0 Å². The van der Waals surface area contributed by atoms with Crippen LogP contribution in [0.25, 0.3) is 0 Å². The highest BCUT2D eigenvalue weighted by atomic mass is 16.7. The van der Waals surface area contributed by atoms with Crippen molar-refractivity contribution in [1.29, 1.82) is 0 Å². The molecule has 1 heterocycles. The minimum absolute atomic E-state index is 0.218. The van der Waals surface area contributed by atoms with Crippen LogP contribution in [0.3, 0.4) is 0 Å². The number of rotatable bonds is 2. The molecule has 2 unspecified atom stereocenters. The average molecular weight is 395 g/mol. The van der Waals surface area contributed by atoms with Gasteiger partial charge in [0.2, 0.25) is 0 Å². The van der Waals surface area contributed by atoms with Gasteiger partial charge >= 0.3 is 5.97 Å². The molecule has 3 aliphatic carbocycles. The molecule has 0 N–H and O–H groups in total. The molecule has 0 radical (unpaired) electrons. The van der Waals surface area contributed by atoms with Crippen LogP contribution in [-0.4, -0.2) is 22.8 Å². The van der Waals surface area contributed by atoms with Crippen molar-refractivity contribution in [2.24, 2.45) is 11.8 Å². The molecule has 5 nitrogen and oxygen atoms in total. The van der Waals surface area contributed by atoms with Crippen LogP contribution in [0.1, 0.15) is 44.4 Å². The number of hydrogen-bond acceptors (Lipinski definition) is 4. The predicted octanol–water partition coefficient (Wildman–Crippen LogP) is 3.65. The zero-order valence-corrected chi connectivity index (χ0v) is 15.9. The summed E-state index contributed by atoms with van der Waals surface area (Å²) in [6.45, 7) is 0. The van der Waals surface area contributed by atoms with E-state index in [0.29, 0.717) is 10.6 Å². The second-order valence-electron chi connectivity index (χ2n) is 7.98. The molecule has 2 bridgehead atoms. The number of imide groups is 1. The van der Waals surface area contributed by atoms with Crippen LogP contribution in [0.2, 0.25) is 0 Å². The molecular weight excluding hydrogens is 378 g/mol. The van der Waals surface area contributed by atoms with Crippen molar-refractivity contribution in [3.8, 4) is 0 Å². The number of benzene rings is 3. The summed E-state index contributed by atoms with van der Waals surface area (Å²) in [7, 11) is 0. The zero-order valence-electron chi connectivity index (χ0n) is 15.9. The first-order valence-corrected chi connectivity index (χ1v) is 9.99. The Morgan fingerprint density at radius 3 is 1.47 bits per heavy atom. The number of amides is 2. The van der Waals surface area contributed by atoms with Crippen molar-refractivity contribution in [1.82, 2.24) is 5.06 Å². The van der Waals surface area contributed by atoms with Gasteiger partial charge in [0, 0.05) is 11.8 Å². The molecule has 5 heteroatoms. The van der Waals surface area contributed by atoms with Crippen LogP contribution in [-0.2, 0) is 14.4 Å². The zero-order chi connectivity index (χ0) is 20.4. The summed E-state index contributed by atoms with van der Waals surface area (Å²) in [5, 5.41) is 0.711. The highest BCUT2D eigenvalue weighted by Gasteiger charge is 2.62. The van der Waals surface area contributed by atoms with E-state index >= 15 is 0 Å². The van der Waals surface area contributed by atoms with Crippen LogP contribution in [0.4, 0.5) is 0 Å². The van der Waals surface area contributed by atoms with E-state index in [1.165, 1.54) is 0 Å². The van der Waals surface area contributed by atoms with Gasteiger partial charge in [-0.15, -0.1) is 5.06 Å². The molecule has 0 aromatic heterocycles.